The van der Waals surface area contributed by atoms with Crippen LogP contribution in [0.4, 0.5) is 17.5 Å². The van der Waals surface area contributed by atoms with Crippen molar-refractivity contribution in [1.82, 2.24) is 19.7 Å². The molecule has 2 aromatic rings. The fourth-order valence-electron chi connectivity index (χ4n) is 3.52. The molecule has 8 nitrogen and oxygen atoms in total. The molecular weight excluding hydrogens is 354 g/mol. The lowest BCUT2D eigenvalue weighted by molar-refractivity contribution is -0.119. The van der Waals surface area contributed by atoms with Gasteiger partial charge >= 0.3 is 0 Å². The Morgan fingerprint density at radius 1 is 1.38 bits per heavy atom. The molecule has 0 bridgehead atoms. The number of aromatic nitrogens is 4. The average molecular weight is 378 g/mol. The maximum absolute atomic E-state index is 11.6. The number of hydrogen-bond donors (Lipinski definition) is 3. The molecule has 2 aromatic heterocycles. The minimum Gasteiger partial charge on any atom is -0.372 e. The summed E-state index contributed by atoms with van der Waals surface area (Å²) in [4.78, 5) is 20.0. The first-order valence-corrected chi connectivity index (χ1v) is 9.24. The van der Waals surface area contributed by atoms with Gasteiger partial charge < -0.3 is 16.4 Å². The summed E-state index contributed by atoms with van der Waals surface area (Å²) in [6, 6.07) is -0.0117. The van der Waals surface area contributed by atoms with Crippen molar-refractivity contribution in [2.75, 3.05) is 17.7 Å². The number of halogens is 1. The van der Waals surface area contributed by atoms with Crippen molar-refractivity contribution >= 4 is 35.0 Å². The van der Waals surface area contributed by atoms with E-state index in [1.807, 2.05) is 10.9 Å². The van der Waals surface area contributed by atoms with Crippen LogP contribution < -0.4 is 16.4 Å². The summed E-state index contributed by atoms with van der Waals surface area (Å²) < 4.78 is 1.85. The van der Waals surface area contributed by atoms with Crippen molar-refractivity contribution in [3.8, 4) is 0 Å². The molecule has 140 valence electrons. The summed E-state index contributed by atoms with van der Waals surface area (Å²) in [6.45, 7) is 0. The first-order valence-electron chi connectivity index (χ1n) is 8.86. The van der Waals surface area contributed by atoms with E-state index in [0.29, 0.717) is 29.1 Å². The molecule has 26 heavy (non-hydrogen) atoms. The molecular formula is C17H24ClN7O. The minimum atomic E-state index is -0.301. The smallest absolute Gasteiger partial charge is 0.229 e. The number of carbonyl (C=O) groups is 1. The zero-order valence-corrected chi connectivity index (χ0v) is 15.5. The quantitative estimate of drug-likeness (QED) is 0.683. The van der Waals surface area contributed by atoms with Crippen molar-refractivity contribution in [1.29, 1.82) is 0 Å². The van der Waals surface area contributed by atoms with Gasteiger partial charge in [0.2, 0.25) is 11.9 Å². The predicted octanol–water partition coefficient (Wildman–Crippen LogP) is 3.11. The number of primary amides is 1. The number of nitrogens with one attached hydrogen (secondary N) is 2. The molecule has 1 aliphatic rings. The van der Waals surface area contributed by atoms with Gasteiger partial charge in [0.15, 0.2) is 0 Å². The van der Waals surface area contributed by atoms with E-state index in [9.17, 15) is 4.79 Å². The van der Waals surface area contributed by atoms with Crippen LogP contribution in [-0.2, 0) is 4.79 Å². The minimum absolute atomic E-state index is 0.0117. The van der Waals surface area contributed by atoms with Gasteiger partial charge in [-0.25, -0.2) is 4.98 Å². The van der Waals surface area contributed by atoms with E-state index in [4.69, 9.17) is 17.3 Å². The molecule has 1 saturated carbocycles. The highest BCUT2D eigenvalue weighted by molar-refractivity contribution is 6.32. The van der Waals surface area contributed by atoms with Crippen molar-refractivity contribution in [3.05, 3.63) is 23.6 Å². The Balaban J connectivity index is 1.76. The largest absolute Gasteiger partial charge is 0.372 e. The molecule has 0 spiro atoms. The lowest BCUT2D eigenvalue weighted by Gasteiger charge is -2.29. The lowest BCUT2D eigenvalue weighted by atomic mass is 9.82. The molecule has 4 N–H and O–H groups in total. The molecule has 1 atom stereocenters. The second kappa shape index (κ2) is 8.35. The van der Waals surface area contributed by atoms with E-state index in [1.54, 1.807) is 13.2 Å². The lowest BCUT2D eigenvalue weighted by Crippen LogP contribution is -2.27. The third-order valence-electron chi connectivity index (χ3n) is 4.78. The van der Waals surface area contributed by atoms with E-state index in [2.05, 4.69) is 25.7 Å². The first-order chi connectivity index (χ1) is 12.6. The SMILES string of the molecule is CNc1nc(Nc2cnn(C(CC(N)=O)C3CCCCC3)c2)ncc1Cl. The van der Waals surface area contributed by atoms with Crippen LogP contribution in [0.25, 0.3) is 0 Å². The summed E-state index contributed by atoms with van der Waals surface area (Å²) in [5, 5.41) is 10.9. The molecule has 1 fully saturated rings. The Kier molecular flexibility index (Phi) is 5.92. The zero-order chi connectivity index (χ0) is 18.5. The van der Waals surface area contributed by atoms with E-state index in [1.165, 1.54) is 25.5 Å². The van der Waals surface area contributed by atoms with Gasteiger partial charge in [0.05, 0.1) is 24.1 Å². The summed E-state index contributed by atoms with van der Waals surface area (Å²) in [5.74, 6) is 1.09. The number of amides is 1. The number of nitrogens with two attached hydrogens (primary N) is 1. The Morgan fingerprint density at radius 3 is 2.85 bits per heavy atom. The van der Waals surface area contributed by atoms with Gasteiger partial charge in [0.1, 0.15) is 10.8 Å². The molecule has 0 radical (unpaired) electrons. The summed E-state index contributed by atoms with van der Waals surface area (Å²) in [5.41, 5.74) is 6.23. The number of carbonyl (C=O) groups excluding carboxylic acids is 1. The third kappa shape index (κ3) is 4.43. The maximum atomic E-state index is 11.6. The van der Waals surface area contributed by atoms with Gasteiger partial charge in [0.25, 0.3) is 0 Å². The molecule has 0 aliphatic heterocycles. The van der Waals surface area contributed by atoms with Crippen LogP contribution >= 0.6 is 11.6 Å². The Morgan fingerprint density at radius 2 is 2.15 bits per heavy atom. The van der Waals surface area contributed by atoms with Gasteiger partial charge in [-0.15, -0.1) is 0 Å². The second-order valence-corrected chi connectivity index (χ2v) is 7.02. The molecule has 1 unspecified atom stereocenters. The van der Waals surface area contributed by atoms with Gasteiger partial charge in [-0.2, -0.15) is 10.1 Å². The standard InChI is InChI=1S/C17H24ClN7O/c1-20-16-13(18)9-21-17(24-16)23-12-8-22-25(10-12)14(7-15(19)26)11-5-3-2-4-6-11/h8-11,14H,2-7H2,1H3,(H2,19,26)(H2,20,21,23,24). The van der Waals surface area contributed by atoms with Gasteiger partial charge in [-0.1, -0.05) is 30.9 Å². The highest BCUT2D eigenvalue weighted by Gasteiger charge is 2.27. The molecule has 3 rings (SSSR count). The van der Waals surface area contributed by atoms with E-state index < -0.39 is 0 Å². The molecule has 0 aromatic carbocycles. The Labute approximate surface area is 157 Å². The van der Waals surface area contributed by atoms with Crippen LogP contribution in [0.5, 0.6) is 0 Å². The first kappa shape index (κ1) is 18.4. The van der Waals surface area contributed by atoms with Crippen LogP contribution in [0, 0.1) is 5.92 Å². The van der Waals surface area contributed by atoms with E-state index in [0.717, 1.165) is 18.5 Å². The number of nitrogens with zero attached hydrogens (tertiary/aromatic N) is 4. The van der Waals surface area contributed by atoms with Crippen LogP contribution in [0.2, 0.25) is 5.02 Å². The summed E-state index contributed by atoms with van der Waals surface area (Å²) >= 11 is 6.00. The highest BCUT2D eigenvalue weighted by atomic mass is 35.5. The monoisotopic (exact) mass is 377 g/mol. The molecule has 0 saturated heterocycles. The number of rotatable bonds is 7. The fourth-order valence-corrected chi connectivity index (χ4v) is 3.70. The van der Waals surface area contributed by atoms with Crippen molar-refractivity contribution in [2.45, 2.75) is 44.6 Å². The molecule has 1 amide bonds. The second-order valence-electron chi connectivity index (χ2n) is 6.61. The zero-order valence-electron chi connectivity index (χ0n) is 14.8. The highest BCUT2D eigenvalue weighted by Crippen LogP contribution is 2.35. The number of anilines is 3. The van der Waals surface area contributed by atoms with Gasteiger partial charge in [-0.05, 0) is 18.8 Å². The summed E-state index contributed by atoms with van der Waals surface area (Å²) in [6.07, 6.45) is 11.3. The van der Waals surface area contributed by atoms with Crippen LogP contribution in [0.1, 0.15) is 44.6 Å². The number of hydrogen-bond acceptors (Lipinski definition) is 6. The van der Waals surface area contributed by atoms with E-state index in [-0.39, 0.29) is 11.9 Å². The van der Waals surface area contributed by atoms with Crippen LogP contribution in [0.15, 0.2) is 18.6 Å². The van der Waals surface area contributed by atoms with Crippen LogP contribution in [-0.4, -0.2) is 32.7 Å². The molecule has 2 heterocycles. The third-order valence-corrected chi connectivity index (χ3v) is 5.06. The Bertz CT molecular complexity index is 757. The van der Waals surface area contributed by atoms with Crippen LogP contribution in [0.3, 0.4) is 0 Å². The maximum Gasteiger partial charge on any atom is 0.229 e. The summed E-state index contributed by atoms with van der Waals surface area (Å²) in [7, 11) is 1.74. The van der Waals surface area contributed by atoms with Gasteiger partial charge in [0, 0.05) is 19.7 Å². The Hall–Kier alpha value is -2.35. The average Bonchev–Trinajstić information content (AvgIpc) is 3.10. The predicted molar refractivity (Wildman–Crippen MR) is 102 cm³/mol. The van der Waals surface area contributed by atoms with Crippen molar-refractivity contribution in [3.63, 3.8) is 0 Å². The molecule has 9 heteroatoms. The topological polar surface area (TPSA) is 111 Å². The van der Waals surface area contributed by atoms with Crippen molar-refractivity contribution in [2.24, 2.45) is 11.7 Å². The van der Waals surface area contributed by atoms with E-state index >= 15 is 0 Å². The molecule has 1 aliphatic carbocycles. The normalized spacial score (nSPS) is 16.2. The van der Waals surface area contributed by atoms with Crippen molar-refractivity contribution < 1.29 is 4.79 Å². The van der Waals surface area contributed by atoms with Gasteiger partial charge in [-0.3, -0.25) is 9.48 Å². The fraction of sp³-hybridized carbons (Fsp3) is 0.529.